The molecule has 0 radical (unpaired) electrons. The first-order chi connectivity index (χ1) is 27.5. The topological polar surface area (TPSA) is 3.24 Å². The van der Waals surface area contributed by atoms with E-state index in [1.54, 1.807) is 0 Å². The molecule has 0 saturated carbocycles. The fraction of sp³-hybridized carbons (Fsp3) is 0.0545. The fourth-order valence-corrected chi connectivity index (χ4v) is 8.69. The van der Waals surface area contributed by atoms with Crippen LogP contribution in [0.1, 0.15) is 25.0 Å². The quantitative estimate of drug-likeness (QED) is 0.159. The van der Waals surface area contributed by atoms with Crippen molar-refractivity contribution in [3.8, 4) is 55.6 Å². The van der Waals surface area contributed by atoms with Gasteiger partial charge in [-0.1, -0.05) is 190 Å². The predicted octanol–water partition coefficient (Wildman–Crippen LogP) is 15.3. The van der Waals surface area contributed by atoms with Gasteiger partial charge >= 0.3 is 0 Å². The van der Waals surface area contributed by atoms with Crippen LogP contribution in [-0.4, -0.2) is 0 Å². The third-order valence-electron chi connectivity index (χ3n) is 11.7. The van der Waals surface area contributed by atoms with Crippen LogP contribution in [0.4, 0.5) is 17.1 Å². The Hall–Kier alpha value is -6.96. The standard InChI is InChI=1S/C55H41N/c1-55(2)51-19-9-8-18-50(51)54-52(55)20-11-21-53(54)56(48-34-32-42(33-35-48)41-24-22-40(23-25-41)38-12-4-3-5-13-38)49-17-10-16-46(37-49)43-26-28-44(29-27-43)47-31-30-39-14-6-7-15-45(39)36-47/h3-37H,1-2H3. The Morgan fingerprint density at radius 3 is 1.50 bits per heavy atom. The molecule has 0 spiro atoms. The van der Waals surface area contributed by atoms with Crippen molar-refractivity contribution in [1.29, 1.82) is 0 Å². The van der Waals surface area contributed by atoms with Crippen LogP contribution >= 0.6 is 0 Å². The SMILES string of the molecule is CC1(C)c2ccccc2-c2c(N(c3ccc(-c4ccc(-c5ccccc5)cc4)cc3)c3cccc(-c4ccc(-c5ccc6ccccc6c5)cc4)c3)cccc21. The minimum atomic E-state index is -0.0992. The van der Waals surface area contributed by atoms with Gasteiger partial charge < -0.3 is 4.90 Å². The summed E-state index contributed by atoms with van der Waals surface area (Å²) in [5, 5.41) is 2.52. The van der Waals surface area contributed by atoms with E-state index < -0.39 is 0 Å². The number of benzene rings is 9. The van der Waals surface area contributed by atoms with E-state index >= 15 is 0 Å². The zero-order valence-electron chi connectivity index (χ0n) is 31.7. The Bertz CT molecular complexity index is 2850. The van der Waals surface area contributed by atoms with Crippen LogP contribution in [0.3, 0.4) is 0 Å². The summed E-state index contributed by atoms with van der Waals surface area (Å²) in [5.74, 6) is 0. The van der Waals surface area contributed by atoms with E-state index in [1.807, 2.05) is 0 Å². The van der Waals surface area contributed by atoms with Gasteiger partial charge in [0.05, 0.1) is 5.69 Å². The molecule has 0 amide bonds. The molecule has 0 aromatic heterocycles. The van der Waals surface area contributed by atoms with E-state index in [4.69, 9.17) is 0 Å². The van der Waals surface area contributed by atoms with Crippen LogP contribution in [0.15, 0.2) is 212 Å². The van der Waals surface area contributed by atoms with Crippen LogP contribution in [-0.2, 0) is 5.41 Å². The lowest BCUT2D eigenvalue weighted by Gasteiger charge is -2.29. The number of anilines is 3. The highest BCUT2D eigenvalue weighted by molar-refractivity contribution is 5.96. The van der Waals surface area contributed by atoms with Gasteiger partial charge in [-0.15, -0.1) is 0 Å². The van der Waals surface area contributed by atoms with Crippen molar-refractivity contribution in [3.05, 3.63) is 223 Å². The zero-order valence-corrected chi connectivity index (χ0v) is 31.7. The number of fused-ring (bicyclic) bond motifs is 4. The minimum absolute atomic E-state index is 0.0992. The van der Waals surface area contributed by atoms with E-state index in [-0.39, 0.29) is 5.41 Å². The first kappa shape index (κ1) is 33.6. The summed E-state index contributed by atoms with van der Waals surface area (Å²) in [6.45, 7) is 4.71. The van der Waals surface area contributed by atoms with Crippen molar-refractivity contribution in [1.82, 2.24) is 0 Å². The summed E-state index contributed by atoms with van der Waals surface area (Å²) >= 11 is 0. The summed E-state index contributed by atoms with van der Waals surface area (Å²) in [6, 6.07) is 77.6. The van der Waals surface area contributed by atoms with E-state index in [0.717, 1.165) is 11.4 Å². The molecule has 266 valence electrons. The second-order valence-corrected chi connectivity index (χ2v) is 15.4. The highest BCUT2D eigenvalue weighted by Crippen LogP contribution is 2.54. The van der Waals surface area contributed by atoms with Crippen molar-refractivity contribution in [3.63, 3.8) is 0 Å². The smallest absolute Gasteiger partial charge is 0.0543 e. The highest BCUT2D eigenvalue weighted by Gasteiger charge is 2.37. The second kappa shape index (κ2) is 13.7. The molecule has 0 heterocycles. The van der Waals surface area contributed by atoms with E-state index in [2.05, 4.69) is 231 Å². The van der Waals surface area contributed by atoms with Crippen molar-refractivity contribution in [2.75, 3.05) is 4.90 Å². The van der Waals surface area contributed by atoms with Crippen LogP contribution in [0.2, 0.25) is 0 Å². The van der Waals surface area contributed by atoms with Crippen molar-refractivity contribution < 1.29 is 0 Å². The molecule has 0 saturated heterocycles. The Balaban J connectivity index is 1.05. The van der Waals surface area contributed by atoms with Gasteiger partial charge in [-0.2, -0.15) is 0 Å². The molecule has 9 aromatic rings. The van der Waals surface area contributed by atoms with Gasteiger partial charge in [-0.3, -0.25) is 0 Å². The molecule has 0 unspecified atom stereocenters. The maximum Gasteiger partial charge on any atom is 0.0543 e. The van der Waals surface area contributed by atoms with Gasteiger partial charge in [-0.05, 0) is 108 Å². The molecule has 0 fully saturated rings. The van der Waals surface area contributed by atoms with Crippen molar-refractivity contribution in [2.45, 2.75) is 19.3 Å². The highest BCUT2D eigenvalue weighted by atomic mass is 15.1. The predicted molar refractivity (Wildman–Crippen MR) is 238 cm³/mol. The van der Waals surface area contributed by atoms with Crippen molar-refractivity contribution >= 4 is 27.8 Å². The molecule has 10 rings (SSSR count). The maximum absolute atomic E-state index is 2.45. The summed E-state index contributed by atoms with van der Waals surface area (Å²) in [7, 11) is 0. The summed E-state index contributed by atoms with van der Waals surface area (Å²) in [6.07, 6.45) is 0. The van der Waals surface area contributed by atoms with E-state index in [9.17, 15) is 0 Å². The third kappa shape index (κ3) is 5.90. The van der Waals surface area contributed by atoms with Gasteiger partial charge in [0.15, 0.2) is 0 Å². The Labute approximate surface area is 329 Å². The first-order valence-corrected chi connectivity index (χ1v) is 19.5. The number of hydrogen-bond donors (Lipinski definition) is 0. The molecular formula is C55H41N. The second-order valence-electron chi connectivity index (χ2n) is 15.4. The lowest BCUT2D eigenvalue weighted by molar-refractivity contribution is 0.660. The van der Waals surface area contributed by atoms with Gasteiger partial charge in [0.2, 0.25) is 0 Å². The summed E-state index contributed by atoms with van der Waals surface area (Å²) in [4.78, 5) is 2.45. The Morgan fingerprint density at radius 2 is 0.804 bits per heavy atom. The lowest BCUT2D eigenvalue weighted by Crippen LogP contribution is -2.16. The minimum Gasteiger partial charge on any atom is -0.310 e. The molecule has 56 heavy (non-hydrogen) atoms. The molecule has 0 aliphatic heterocycles. The van der Waals surface area contributed by atoms with Gasteiger partial charge in [0.25, 0.3) is 0 Å². The number of hydrogen-bond acceptors (Lipinski definition) is 1. The Morgan fingerprint density at radius 1 is 0.321 bits per heavy atom. The lowest BCUT2D eigenvalue weighted by atomic mass is 9.82. The number of nitrogens with zero attached hydrogens (tertiary/aromatic N) is 1. The third-order valence-corrected chi connectivity index (χ3v) is 11.7. The fourth-order valence-electron chi connectivity index (χ4n) is 8.69. The normalized spacial score (nSPS) is 12.6. The average molecular weight is 716 g/mol. The van der Waals surface area contributed by atoms with E-state index in [1.165, 1.54) is 83.2 Å². The van der Waals surface area contributed by atoms with Gasteiger partial charge in [0.1, 0.15) is 0 Å². The summed E-state index contributed by atoms with van der Waals surface area (Å²) < 4.78 is 0. The zero-order chi connectivity index (χ0) is 37.6. The molecule has 0 atom stereocenters. The maximum atomic E-state index is 2.45. The molecular weight excluding hydrogens is 675 g/mol. The molecule has 1 nitrogen and oxygen atoms in total. The average Bonchev–Trinajstić information content (AvgIpc) is 3.50. The van der Waals surface area contributed by atoms with Crippen LogP contribution in [0.25, 0.3) is 66.4 Å². The molecule has 1 heteroatoms. The van der Waals surface area contributed by atoms with Crippen LogP contribution in [0, 0.1) is 0 Å². The molecule has 0 bridgehead atoms. The van der Waals surface area contributed by atoms with Crippen LogP contribution < -0.4 is 4.90 Å². The van der Waals surface area contributed by atoms with Crippen LogP contribution in [0.5, 0.6) is 0 Å². The van der Waals surface area contributed by atoms with E-state index in [0.29, 0.717) is 0 Å². The molecule has 9 aromatic carbocycles. The first-order valence-electron chi connectivity index (χ1n) is 19.5. The summed E-state index contributed by atoms with van der Waals surface area (Å²) in [5.41, 5.74) is 18.3. The largest absolute Gasteiger partial charge is 0.310 e. The van der Waals surface area contributed by atoms with Gasteiger partial charge in [-0.25, -0.2) is 0 Å². The molecule has 0 N–H and O–H groups in total. The Kier molecular flexibility index (Phi) is 8.23. The number of rotatable bonds is 7. The van der Waals surface area contributed by atoms with Crippen molar-refractivity contribution in [2.24, 2.45) is 0 Å². The van der Waals surface area contributed by atoms with Gasteiger partial charge in [0, 0.05) is 22.4 Å². The molecule has 1 aliphatic carbocycles. The molecule has 1 aliphatic rings. The monoisotopic (exact) mass is 715 g/mol.